The van der Waals surface area contributed by atoms with Crippen molar-refractivity contribution in [2.45, 2.75) is 13.5 Å². The quantitative estimate of drug-likeness (QED) is 0.610. The van der Waals surface area contributed by atoms with Gasteiger partial charge in [-0.15, -0.1) is 0 Å². The fraction of sp³-hybridized carbons (Fsp3) is 0.211. The minimum atomic E-state index is -0.337. The van der Waals surface area contributed by atoms with Gasteiger partial charge >= 0.3 is 0 Å². The summed E-state index contributed by atoms with van der Waals surface area (Å²) in [6.07, 6.45) is 1.61. The zero-order valence-electron chi connectivity index (χ0n) is 14.7. The van der Waals surface area contributed by atoms with Gasteiger partial charge in [-0.2, -0.15) is 5.10 Å². The van der Waals surface area contributed by atoms with E-state index in [0.29, 0.717) is 17.9 Å². The largest absolute Gasteiger partial charge is 0.451 e. The lowest BCUT2D eigenvalue weighted by atomic mass is 10.1. The summed E-state index contributed by atoms with van der Waals surface area (Å²) in [7, 11) is 3.43. The maximum Gasteiger partial charge on any atom is 0.291 e. The molecule has 0 aliphatic rings. The zero-order chi connectivity index (χ0) is 18.3. The number of nitrogens with one attached hydrogen (secondary N) is 1. The van der Waals surface area contributed by atoms with Gasteiger partial charge in [0.15, 0.2) is 11.4 Å². The summed E-state index contributed by atoms with van der Waals surface area (Å²) >= 11 is 0. The van der Waals surface area contributed by atoms with Gasteiger partial charge in [-0.1, -0.05) is 18.2 Å². The highest BCUT2D eigenvalue weighted by Gasteiger charge is 2.21. The fourth-order valence-electron chi connectivity index (χ4n) is 3.13. The van der Waals surface area contributed by atoms with Crippen LogP contribution in [0.1, 0.15) is 21.8 Å². The molecule has 1 aromatic carbocycles. The molecule has 7 heteroatoms. The number of amides is 1. The van der Waals surface area contributed by atoms with E-state index in [9.17, 15) is 4.79 Å². The Kier molecular flexibility index (Phi) is 3.93. The summed E-state index contributed by atoms with van der Waals surface area (Å²) in [6, 6.07) is 9.38. The van der Waals surface area contributed by atoms with Crippen LogP contribution >= 0.6 is 0 Å². The summed E-state index contributed by atoms with van der Waals surface area (Å²) in [6.45, 7) is 2.20. The number of hydrogen-bond donors (Lipinski definition) is 1. The molecule has 132 valence electrons. The lowest BCUT2D eigenvalue weighted by Gasteiger charge is -2.05. The van der Waals surface area contributed by atoms with Crippen molar-refractivity contribution < 1.29 is 13.9 Å². The molecule has 3 heterocycles. The third-order valence-electron chi connectivity index (χ3n) is 4.31. The molecule has 0 fully saturated rings. The van der Waals surface area contributed by atoms with Crippen molar-refractivity contribution in [3.05, 3.63) is 53.5 Å². The van der Waals surface area contributed by atoms with E-state index in [2.05, 4.69) is 15.4 Å². The molecule has 7 nitrogen and oxygen atoms in total. The molecule has 0 aliphatic heterocycles. The van der Waals surface area contributed by atoms with E-state index < -0.39 is 0 Å². The normalized spacial score (nSPS) is 11.3. The van der Waals surface area contributed by atoms with Crippen molar-refractivity contribution in [3.8, 4) is 0 Å². The summed E-state index contributed by atoms with van der Waals surface area (Å²) in [4.78, 5) is 17.2. The number of aromatic nitrogens is 3. The Labute approximate surface area is 149 Å². The number of anilines is 1. The topological polar surface area (TPSA) is 82.2 Å². The van der Waals surface area contributed by atoms with Crippen molar-refractivity contribution in [2.75, 3.05) is 12.4 Å². The summed E-state index contributed by atoms with van der Waals surface area (Å²) < 4.78 is 12.7. The van der Waals surface area contributed by atoms with Crippen molar-refractivity contribution in [3.63, 3.8) is 0 Å². The molecule has 0 saturated heterocycles. The Morgan fingerprint density at radius 3 is 2.92 bits per heavy atom. The van der Waals surface area contributed by atoms with E-state index in [1.54, 1.807) is 18.0 Å². The van der Waals surface area contributed by atoms with Crippen LogP contribution in [0, 0.1) is 6.92 Å². The third kappa shape index (κ3) is 2.62. The maximum absolute atomic E-state index is 12.8. The molecule has 4 rings (SSSR count). The van der Waals surface area contributed by atoms with Gasteiger partial charge in [-0.05, 0) is 19.1 Å². The maximum atomic E-state index is 12.8. The van der Waals surface area contributed by atoms with Crippen LogP contribution in [0.25, 0.3) is 22.0 Å². The number of para-hydroxylation sites is 1. The molecule has 0 unspecified atom stereocenters. The Morgan fingerprint density at radius 1 is 1.31 bits per heavy atom. The van der Waals surface area contributed by atoms with Gasteiger partial charge < -0.3 is 14.5 Å². The Balaban J connectivity index is 1.71. The predicted octanol–water partition coefficient (Wildman–Crippen LogP) is 3.42. The number of fused-ring (bicyclic) bond motifs is 2. The highest BCUT2D eigenvalue weighted by atomic mass is 16.5. The molecule has 0 bridgehead atoms. The van der Waals surface area contributed by atoms with Gasteiger partial charge in [0.25, 0.3) is 5.91 Å². The van der Waals surface area contributed by atoms with Crippen LogP contribution in [0.2, 0.25) is 0 Å². The second-order valence-electron chi connectivity index (χ2n) is 6.10. The van der Waals surface area contributed by atoms with E-state index in [0.717, 1.165) is 27.7 Å². The molecule has 0 atom stereocenters. The van der Waals surface area contributed by atoms with Gasteiger partial charge in [-0.25, -0.2) is 4.98 Å². The molecule has 1 N–H and O–H groups in total. The molecule has 0 aliphatic carbocycles. The first-order chi connectivity index (χ1) is 12.6. The molecule has 0 radical (unpaired) electrons. The smallest absolute Gasteiger partial charge is 0.291 e. The van der Waals surface area contributed by atoms with Crippen molar-refractivity contribution >= 4 is 33.6 Å². The molecular weight excluding hydrogens is 332 g/mol. The highest BCUT2D eigenvalue weighted by Crippen LogP contribution is 2.27. The van der Waals surface area contributed by atoms with Crippen molar-refractivity contribution in [1.82, 2.24) is 14.8 Å². The second kappa shape index (κ2) is 6.27. The van der Waals surface area contributed by atoms with Crippen LogP contribution in [0.15, 0.2) is 40.9 Å². The first-order valence-electron chi connectivity index (χ1n) is 8.18. The molecule has 26 heavy (non-hydrogen) atoms. The Morgan fingerprint density at radius 2 is 2.12 bits per heavy atom. The average molecular weight is 350 g/mol. The van der Waals surface area contributed by atoms with Crippen LogP contribution < -0.4 is 5.32 Å². The Hall–Kier alpha value is -3.19. The number of methoxy groups -OCH3 is 1. The van der Waals surface area contributed by atoms with Crippen molar-refractivity contribution in [2.24, 2.45) is 7.05 Å². The fourth-order valence-corrected chi connectivity index (χ4v) is 3.13. The number of furan rings is 1. The number of benzene rings is 1. The van der Waals surface area contributed by atoms with Gasteiger partial charge in [0.2, 0.25) is 0 Å². The van der Waals surface area contributed by atoms with Crippen molar-refractivity contribution in [1.29, 1.82) is 0 Å². The standard InChI is InChI=1S/C19H18N4O3/c1-11-14-8-12(9-20-18(14)23(2)22-11)21-19(24)17-15(10-25-3)13-6-4-5-7-16(13)26-17/h4-9H,10H2,1-3H3,(H,21,24). The second-order valence-corrected chi connectivity index (χ2v) is 6.10. The SMILES string of the molecule is COCc1c(C(=O)Nc2cnc3c(c2)c(C)nn3C)oc2ccccc12. The average Bonchev–Trinajstić information content (AvgIpc) is 3.13. The zero-order valence-corrected chi connectivity index (χ0v) is 14.7. The number of aryl methyl sites for hydroxylation is 2. The van der Waals surface area contributed by atoms with Crippen LogP contribution in [0.4, 0.5) is 5.69 Å². The monoisotopic (exact) mass is 350 g/mol. The van der Waals surface area contributed by atoms with Gasteiger partial charge in [0.05, 0.1) is 24.2 Å². The molecule has 0 spiro atoms. The molecular formula is C19H18N4O3. The molecule has 0 saturated carbocycles. The minimum absolute atomic E-state index is 0.246. The summed E-state index contributed by atoms with van der Waals surface area (Å²) in [5, 5.41) is 8.97. The van der Waals surface area contributed by atoms with E-state index in [1.165, 1.54) is 0 Å². The lowest BCUT2D eigenvalue weighted by Crippen LogP contribution is -2.13. The van der Waals surface area contributed by atoms with Gasteiger partial charge in [0.1, 0.15) is 5.58 Å². The van der Waals surface area contributed by atoms with Crippen LogP contribution in [0.3, 0.4) is 0 Å². The Bertz CT molecular complexity index is 1130. The van der Waals surface area contributed by atoms with E-state index in [1.807, 2.05) is 44.3 Å². The van der Waals surface area contributed by atoms with Gasteiger partial charge in [-0.3, -0.25) is 9.48 Å². The van der Waals surface area contributed by atoms with Crippen LogP contribution in [-0.2, 0) is 18.4 Å². The molecule has 4 aromatic rings. The number of carbonyl (C=O) groups is 1. The lowest BCUT2D eigenvalue weighted by molar-refractivity contribution is 0.0992. The van der Waals surface area contributed by atoms with E-state index in [-0.39, 0.29) is 11.7 Å². The van der Waals surface area contributed by atoms with E-state index >= 15 is 0 Å². The van der Waals surface area contributed by atoms with Gasteiger partial charge in [0, 0.05) is 30.5 Å². The number of rotatable bonds is 4. The molecule has 3 aromatic heterocycles. The number of pyridine rings is 1. The minimum Gasteiger partial charge on any atom is -0.451 e. The third-order valence-corrected chi connectivity index (χ3v) is 4.31. The predicted molar refractivity (Wildman–Crippen MR) is 98.1 cm³/mol. The first-order valence-corrected chi connectivity index (χ1v) is 8.18. The number of carbonyl (C=O) groups excluding carboxylic acids is 1. The summed E-state index contributed by atoms with van der Waals surface area (Å²) in [5.74, 6) is -0.0907. The number of nitrogens with zero attached hydrogens (tertiary/aromatic N) is 3. The highest BCUT2D eigenvalue weighted by molar-refractivity contribution is 6.07. The number of ether oxygens (including phenoxy) is 1. The van der Waals surface area contributed by atoms with Crippen LogP contribution in [-0.4, -0.2) is 27.8 Å². The first kappa shape index (κ1) is 16.3. The van der Waals surface area contributed by atoms with Crippen LogP contribution in [0.5, 0.6) is 0 Å². The number of hydrogen-bond acceptors (Lipinski definition) is 5. The molecule has 1 amide bonds. The summed E-state index contributed by atoms with van der Waals surface area (Å²) in [5.41, 5.74) is 3.59. The van der Waals surface area contributed by atoms with E-state index in [4.69, 9.17) is 9.15 Å².